The fraction of sp³-hybridized carbons (Fsp3) is 0.222. The van der Waals surface area contributed by atoms with Gasteiger partial charge in [0.25, 0.3) is 5.56 Å². The highest BCUT2D eigenvalue weighted by Gasteiger charge is 2.15. The van der Waals surface area contributed by atoms with Crippen LogP contribution in [0.3, 0.4) is 0 Å². The van der Waals surface area contributed by atoms with Crippen molar-refractivity contribution in [3.8, 4) is 11.3 Å². The first-order chi connectivity index (χ1) is 15.9. The normalized spacial score (nSPS) is 11.0. The molecule has 0 aliphatic heterocycles. The van der Waals surface area contributed by atoms with E-state index in [1.54, 1.807) is 17.8 Å². The van der Waals surface area contributed by atoms with Crippen LogP contribution in [0, 0.1) is 20.8 Å². The standard InChI is InChI=1S/C27H27N3O2S/c1-18-9-12-21(13-10-18)33-15-14-28-25(31)17-30-27(32)23-7-5-4-6-22(23)26(29-30)24-16-19(2)8-11-20(24)3/h4-13,16H,14-15,17H2,1-3H3,(H,28,31). The van der Waals surface area contributed by atoms with Crippen molar-refractivity contribution in [3.63, 3.8) is 0 Å². The van der Waals surface area contributed by atoms with E-state index in [9.17, 15) is 9.59 Å². The molecule has 4 rings (SSSR count). The molecule has 0 spiro atoms. The fourth-order valence-corrected chi connectivity index (χ4v) is 4.49. The maximum Gasteiger partial charge on any atom is 0.275 e. The van der Waals surface area contributed by atoms with Crippen molar-refractivity contribution in [1.82, 2.24) is 15.1 Å². The Hall–Kier alpha value is -3.38. The first-order valence-corrected chi connectivity index (χ1v) is 11.9. The maximum atomic E-state index is 13.1. The van der Waals surface area contributed by atoms with E-state index in [2.05, 4.69) is 59.8 Å². The van der Waals surface area contributed by atoms with Crippen molar-refractivity contribution in [2.24, 2.45) is 0 Å². The van der Waals surface area contributed by atoms with Crippen LogP contribution in [-0.4, -0.2) is 28.0 Å². The minimum Gasteiger partial charge on any atom is -0.354 e. The molecular weight excluding hydrogens is 430 g/mol. The lowest BCUT2D eigenvalue weighted by Crippen LogP contribution is -2.35. The monoisotopic (exact) mass is 457 g/mol. The van der Waals surface area contributed by atoms with E-state index in [4.69, 9.17) is 0 Å². The Balaban J connectivity index is 1.53. The van der Waals surface area contributed by atoms with E-state index in [-0.39, 0.29) is 18.0 Å². The van der Waals surface area contributed by atoms with Crippen molar-refractivity contribution in [2.45, 2.75) is 32.2 Å². The number of hydrogen-bond donors (Lipinski definition) is 1. The summed E-state index contributed by atoms with van der Waals surface area (Å²) in [5.41, 5.74) is 4.83. The maximum absolute atomic E-state index is 13.1. The van der Waals surface area contributed by atoms with Crippen LogP contribution >= 0.6 is 11.8 Å². The van der Waals surface area contributed by atoms with Crippen LogP contribution in [-0.2, 0) is 11.3 Å². The second kappa shape index (κ2) is 10.0. The summed E-state index contributed by atoms with van der Waals surface area (Å²) in [6.07, 6.45) is 0. The summed E-state index contributed by atoms with van der Waals surface area (Å²) < 4.78 is 1.28. The molecule has 1 aromatic heterocycles. The average Bonchev–Trinajstić information content (AvgIpc) is 2.81. The van der Waals surface area contributed by atoms with Crippen LogP contribution in [0.25, 0.3) is 22.0 Å². The molecule has 0 saturated carbocycles. The van der Waals surface area contributed by atoms with Gasteiger partial charge >= 0.3 is 0 Å². The molecule has 0 atom stereocenters. The highest BCUT2D eigenvalue weighted by molar-refractivity contribution is 7.99. The van der Waals surface area contributed by atoms with E-state index in [0.29, 0.717) is 17.6 Å². The van der Waals surface area contributed by atoms with Crippen molar-refractivity contribution in [2.75, 3.05) is 12.3 Å². The van der Waals surface area contributed by atoms with Gasteiger partial charge in [-0.1, -0.05) is 53.6 Å². The van der Waals surface area contributed by atoms with Crippen LogP contribution < -0.4 is 10.9 Å². The Kier molecular flexibility index (Phi) is 6.94. The van der Waals surface area contributed by atoms with Crippen LogP contribution in [0.15, 0.2) is 76.4 Å². The van der Waals surface area contributed by atoms with Gasteiger partial charge in [-0.2, -0.15) is 5.10 Å². The predicted molar refractivity (Wildman–Crippen MR) is 136 cm³/mol. The zero-order chi connectivity index (χ0) is 23.4. The lowest BCUT2D eigenvalue weighted by atomic mass is 9.99. The summed E-state index contributed by atoms with van der Waals surface area (Å²) in [7, 11) is 0. The van der Waals surface area contributed by atoms with Gasteiger partial charge in [-0.15, -0.1) is 11.8 Å². The van der Waals surface area contributed by atoms with Crippen molar-refractivity contribution in [1.29, 1.82) is 0 Å². The summed E-state index contributed by atoms with van der Waals surface area (Å²) >= 11 is 1.69. The molecule has 168 valence electrons. The Morgan fingerprint density at radius 1 is 0.939 bits per heavy atom. The van der Waals surface area contributed by atoms with Gasteiger partial charge in [-0.25, -0.2) is 4.68 Å². The smallest absolute Gasteiger partial charge is 0.275 e. The third-order valence-corrected chi connectivity index (χ3v) is 6.54. The molecule has 0 bridgehead atoms. The zero-order valence-electron chi connectivity index (χ0n) is 19.1. The number of thioether (sulfide) groups is 1. The third-order valence-electron chi connectivity index (χ3n) is 5.52. The third kappa shape index (κ3) is 5.34. The van der Waals surface area contributed by atoms with E-state index in [1.807, 2.05) is 32.0 Å². The molecule has 33 heavy (non-hydrogen) atoms. The number of carbonyl (C=O) groups excluding carboxylic acids is 1. The largest absolute Gasteiger partial charge is 0.354 e. The molecule has 1 N–H and O–H groups in total. The number of nitrogens with one attached hydrogen (secondary N) is 1. The molecule has 3 aromatic carbocycles. The van der Waals surface area contributed by atoms with E-state index in [1.165, 1.54) is 15.1 Å². The molecule has 0 radical (unpaired) electrons. The Bertz CT molecular complexity index is 1360. The lowest BCUT2D eigenvalue weighted by Gasteiger charge is -2.13. The number of aryl methyl sites for hydroxylation is 3. The highest BCUT2D eigenvalue weighted by Crippen LogP contribution is 2.28. The molecule has 0 aliphatic carbocycles. The Labute approximate surface area is 197 Å². The van der Waals surface area contributed by atoms with E-state index < -0.39 is 0 Å². The number of benzene rings is 3. The molecule has 0 fully saturated rings. The number of aromatic nitrogens is 2. The first-order valence-electron chi connectivity index (χ1n) is 11.0. The van der Waals surface area contributed by atoms with Gasteiger partial charge in [0, 0.05) is 28.1 Å². The van der Waals surface area contributed by atoms with E-state index in [0.717, 1.165) is 27.8 Å². The fourth-order valence-electron chi connectivity index (χ4n) is 3.72. The summed E-state index contributed by atoms with van der Waals surface area (Å²) in [5.74, 6) is 0.527. The first kappa shape index (κ1) is 22.8. The number of hydrogen-bond acceptors (Lipinski definition) is 4. The number of carbonyl (C=O) groups is 1. The second-order valence-electron chi connectivity index (χ2n) is 8.19. The average molecular weight is 458 g/mol. The zero-order valence-corrected chi connectivity index (χ0v) is 19.9. The molecule has 0 aliphatic rings. The van der Waals surface area contributed by atoms with Crippen molar-refractivity contribution in [3.05, 3.63) is 93.8 Å². The lowest BCUT2D eigenvalue weighted by molar-refractivity contribution is -0.121. The van der Waals surface area contributed by atoms with Crippen LogP contribution in [0.5, 0.6) is 0 Å². The van der Waals surface area contributed by atoms with Crippen molar-refractivity contribution < 1.29 is 4.79 Å². The Morgan fingerprint density at radius 3 is 2.39 bits per heavy atom. The molecule has 0 unspecified atom stereocenters. The molecule has 1 heterocycles. The van der Waals surface area contributed by atoms with Gasteiger partial charge < -0.3 is 5.32 Å². The Morgan fingerprint density at radius 2 is 1.64 bits per heavy atom. The van der Waals surface area contributed by atoms with Gasteiger partial charge in [0.05, 0.1) is 11.1 Å². The topological polar surface area (TPSA) is 64.0 Å². The predicted octanol–water partition coefficient (Wildman–Crippen LogP) is 4.90. The minimum atomic E-state index is -0.260. The van der Waals surface area contributed by atoms with Gasteiger partial charge in [-0.3, -0.25) is 9.59 Å². The summed E-state index contributed by atoms with van der Waals surface area (Å²) in [6, 6.07) is 21.9. The van der Waals surface area contributed by atoms with Crippen LogP contribution in [0.2, 0.25) is 0 Å². The van der Waals surface area contributed by atoms with E-state index >= 15 is 0 Å². The molecular formula is C27H27N3O2S. The highest BCUT2D eigenvalue weighted by atomic mass is 32.2. The van der Waals surface area contributed by atoms with Crippen molar-refractivity contribution >= 4 is 28.4 Å². The number of fused-ring (bicyclic) bond motifs is 1. The minimum absolute atomic E-state index is 0.114. The molecule has 5 nitrogen and oxygen atoms in total. The number of rotatable bonds is 7. The summed E-state index contributed by atoms with van der Waals surface area (Å²) in [6.45, 7) is 6.52. The summed E-state index contributed by atoms with van der Waals surface area (Å²) in [4.78, 5) is 26.8. The van der Waals surface area contributed by atoms with Gasteiger partial charge in [0.2, 0.25) is 5.91 Å². The molecule has 4 aromatic rings. The van der Waals surface area contributed by atoms with Gasteiger partial charge in [-0.05, 0) is 50.6 Å². The molecule has 6 heteroatoms. The number of nitrogens with zero attached hydrogens (tertiary/aromatic N) is 2. The van der Waals surface area contributed by atoms with Crippen LogP contribution in [0.1, 0.15) is 16.7 Å². The summed E-state index contributed by atoms with van der Waals surface area (Å²) in [5, 5.41) is 8.90. The number of amides is 1. The second-order valence-corrected chi connectivity index (χ2v) is 9.36. The quantitative estimate of drug-likeness (QED) is 0.317. The molecule has 1 amide bonds. The van der Waals surface area contributed by atoms with Crippen LogP contribution in [0.4, 0.5) is 0 Å². The molecule has 0 saturated heterocycles. The van der Waals surface area contributed by atoms with Gasteiger partial charge in [0.1, 0.15) is 6.54 Å². The van der Waals surface area contributed by atoms with Gasteiger partial charge in [0.15, 0.2) is 0 Å². The SMILES string of the molecule is Cc1ccc(SCCNC(=O)Cn2nc(-c3cc(C)ccc3C)c3ccccc3c2=O)cc1.